The van der Waals surface area contributed by atoms with E-state index in [9.17, 15) is 23.6 Å². The number of anilines is 1. The molecule has 2 fully saturated rings. The van der Waals surface area contributed by atoms with Crippen LogP contribution in [0.3, 0.4) is 0 Å². The van der Waals surface area contributed by atoms with E-state index >= 15 is 0 Å². The number of hydrogen-bond donors (Lipinski definition) is 3. The fraction of sp³-hybridized carbons (Fsp3) is 0.682. The van der Waals surface area contributed by atoms with Crippen LogP contribution in [0, 0.1) is 5.41 Å². The molecule has 1 aromatic rings. The molecular formula is C22H32FN5O5. The van der Waals surface area contributed by atoms with Crippen LogP contribution in [0.2, 0.25) is 0 Å². The van der Waals surface area contributed by atoms with Gasteiger partial charge in [-0.15, -0.1) is 0 Å². The van der Waals surface area contributed by atoms with Gasteiger partial charge in [-0.2, -0.15) is 5.10 Å². The normalized spacial score (nSPS) is 24.3. The second kappa shape index (κ2) is 9.88. The third kappa shape index (κ3) is 5.88. The molecule has 3 amide bonds. The molecule has 11 heteroatoms. The number of rotatable bonds is 9. The molecule has 1 aromatic heterocycles. The predicted molar refractivity (Wildman–Crippen MR) is 117 cm³/mol. The van der Waals surface area contributed by atoms with E-state index in [0.29, 0.717) is 6.42 Å². The van der Waals surface area contributed by atoms with Crippen molar-refractivity contribution in [2.45, 2.75) is 76.5 Å². The van der Waals surface area contributed by atoms with Gasteiger partial charge in [0.25, 0.3) is 5.91 Å². The number of nitrogens with one attached hydrogen (secondary N) is 3. The molecule has 2 saturated carbocycles. The van der Waals surface area contributed by atoms with Crippen molar-refractivity contribution in [3.8, 4) is 0 Å². The average molecular weight is 466 g/mol. The minimum atomic E-state index is -1.67. The fourth-order valence-corrected chi connectivity index (χ4v) is 4.69. The molecule has 3 rings (SSSR count). The maximum atomic E-state index is 13.9. The van der Waals surface area contributed by atoms with E-state index in [1.165, 1.54) is 10.7 Å². The number of aromatic nitrogens is 2. The summed E-state index contributed by atoms with van der Waals surface area (Å²) >= 11 is 0. The SMILES string of the molecule is CCOC(=O)N[C@@H](CC1(C)CCCC1)C(=O)NC1(C(=O)C(=O)Nc2ccn(C)n2)CC(F)C1. The smallest absolute Gasteiger partial charge is 0.407 e. The first-order valence-electron chi connectivity index (χ1n) is 11.3. The Bertz CT molecular complexity index is 905. The van der Waals surface area contributed by atoms with Crippen LogP contribution in [0.15, 0.2) is 12.3 Å². The Morgan fingerprint density at radius 1 is 1.27 bits per heavy atom. The Hall–Kier alpha value is -2.98. The highest BCUT2D eigenvalue weighted by Gasteiger charge is 2.54. The number of Topliss-reactive ketones (excluding diaryl/α,β-unsaturated/α-hetero) is 1. The summed E-state index contributed by atoms with van der Waals surface area (Å²) in [4.78, 5) is 50.8. The highest BCUT2D eigenvalue weighted by atomic mass is 19.1. The van der Waals surface area contributed by atoms with Gasteiger partial charge in [0, 0.05) is 32.2 Å². The molecule has 0 unspecified atom stereocenters. The second-order valence-corrected chi connectivity index (χ2v) is 9.37. The number of hydrogen-bond acceptors (Lipinski definition) is 6. The largest absolute Gasteiger partial charge is 0.450 e. The van der Waals surface area contributed by atoms with E-state index in [1.54, 1.807) is 20.2 Å². The van der Waals surface area contributed by atoms with Crippen LogP contribution in [0.25, 0.3) is 0 Å². The van der Waals surface area contributed by atoms with Gasteiger partial charge in [-0.1, -0.05) is 19.8 Å². The minimum absolute atomic E-state index is 0.136. The minimum Gasteiger partial charge on any atom is -0.450 e. The van der Waals surface area contributed by atoms with Crippen LogP contribution >= 0.6 is 0 Å². The summed E-state index contributed by atoms with van der Waals surface area (Å²) < 4.78 is 20.3. The predicted octanol–water partition coefficient (Wildman–Crippen LogP) is 2.00. The van der Waals surface area contributed by atoms with Gasteiger partial charge in [-0.05, 0) is 31.6 Å². The van der Waals surface area contributed by atoms with Crippen LogP contribution in [0.5, 0.6) is 0 Å². The van der Waals surface area contributed by atoms with E-state index in [1.807, 2.05) is 0 Å². The topological polar surface area (TPSA) is 131 Å². The molecule has 33 heavy (non-hydrogen) atoms. The van der Waals surface area contributed by atoms with E-state index in [0.717, 1.165) is 25.7 Å². The van der Waals surface area contributed by atoms with Gasteiger partial charge in [0.05, 0.1) is 6.61 Å². The number of alkyl carbamates (subject to hydrolysis) is 1. The Morgan fingerprint density at radius 3 is 2.48 bits per heavy atom. The fourth-order valence-electron chi connectivity index (χ4n) is 4.69. The summed E-state index contributed by atoms with van der Waals surface area (Å²) in [6.07, 6.45) is 3.13. The molecule has 0 bridgehead atoms. The number of ether oxygens (including phenoxy) is 1. The lowest BCUT2D eigenvalue weighted by Crippen LogP contribution is -2.68. The maximum Gasteiger partial charge on any atom is 0.407 e. The number of alkyl halides is 1. The molecule has 2 aliphatic rings. The summed E-state index contributed by atoms with van der Waals surface area (Å²) in [6, 6.07) is 0.533. The first-order chi connectivity index (χ1) is 15.6. The summed E-state index contributed by atoms with van der Waals surface area (Å²) in [5.74, 6) is -2.40. The number of halogens is 1. The van der Waals surface area contributed by atoms with Crippen LogP contribution in [0.4, 0.5) is 15.0 Å². The number of ketones is 1. The van der Waals surface area contributed by atoms with Gasteiger partial charge < -0.3 is 20.7 Å². The van der Waals surface area contributed by atoms with Crippen LogP contribution in [0.1, 0.15) is 58.8 Å². The summed E-state index contributed by atoms with van der Waals surface area (Å²) in [5, 5.41) is 11.5. The monoisotopic (exact) mass is 465 g/mol. The van der Waals surface area contributed by atoms with Crippen LogP contribution < -0.4 is 16.0 Å². The number of carbonyl (C=O) groups excluding carboxylic acids is 4. The molecule has 0 spiro atoms. The molecule has 1 atom stereocenters. The molecule has 0 saturated heterocycles. The second-order valence-electron chi connectivity index (χ2n) is 9.37. The number of carbonyl (C=O) groups is 4. The van der Waals surface area contributed by atoms with Gasteiger partial charge >= 0.3 is 6.09 Å². The van der Waals surface area contributed by atoms with Gasteiger partial charge in [0.2, 0.25) is 11.7 Å². The Kier molecular flexibility index (Phi) is 7.38. The standard InChI is InChI=1S/C22H32FN5O5/c1-4-33-20(32)24-15(13-21(2)8-5-6-9-21)18(30)26-22(11-14(23)12-22)17(29)19(31)25-16-7-10-28(3)27-16/h7,10,14-15H,4-6,8-9,11-13H2,1-3H3,(H,24,32)(H,26,30)(H,25,27,31)/t14?,15-,22?/m0/s1. The number of nitrogens with zero attached hydrogens (tertiary/aromatic N) is 2. The van der Waals surface area contributed by atoms with Crippen molar-refractivity contribution >= 4 is 29.5 Å². The van der Waals surface area contributed by atoms with E-state index < -0.39 is 41.4 Å². The lowest BCUT2D eigenvalue weighted by Gasteiger charge is -2.43. The van der Waals surface area contributed by atoms with Gasteiger partial charge in [-0.3, -0.25) is 19.1 Å². The number of aryl methyl sites for hydroxylation is 1. The Balaban J connectivity index is 1.74. The molecule has 1 heterocycles. The zero-order valence-electron chi connectivity index (χ0n) is 19.3. The average Bonchev–Trinajstić information content (AvgIpc) is 3.33. The zero-order chi connectivity index (χ0) is 24.2. The van der Waals surface area contributed by atoms with Crippen molar-refractivity contribution in [3.05, 3.63) is 12.3 Å². The molecule has 0 aromatic carbocycles. The Morgan fingerprint density at radius 2 is 1.94 bits per heavy atom. The molecule has 0 radical (unpaired) electrons. The van der Waals surface area contributed by atoms with Crippen molar-refractivity contribution in [2.24, 2.45) is 12.5 Å². The maximum absolute atomic E-state index is 13.9. The van der Waals surface area contributed by atoms with Crippen molar-refractivity contribution < 1.29 is 28.3 Å². The van der Waals surface area contributed by atoms with Gasteiger partial charge in [-0.25, -0.2) is 9.18 Å². The van der Waals surface area contributed by atoms with Crippen molar-refractivity contribution in [2.75, 3.05) is 11.9 Å². The first kappa shape index (κ1) is 24.7. The van der Waals surface area contributed by atoms with Gasteiger partial charge in [0.15, 0.2) is 5.82 Å². The highest BCUT2D eigenvalue weighted by molar-refractivity contribution is 6.44. The van der Waals surface area contributed by atoms with Crippen molar-refractivity contribution in [1.82, 2.24) is 20.4 Å². The lowest BCUT2D eigenvalue weighted by molar-refractivity contribution is -0.146. The highest BCUT2D eigenvalue weighted by Crippen LogP contribution is 2.42. The number of amides is 3. The first-order valence-corrected chi connectivity index (χ1v) is 11.3. The molecule has 10 nitrogen and oxygen atoms in total. The molecule has 3 N–H and O–H groups in total. The summed E-state index contributed by atoms with van der Waals surface area (Å²) in [7, 11) is 1.65. The molecule has 2 aliphatic carbocycles. The molecular weight excluding hydrogens is 433 g/mol. The van der Waals surface area contributed by atoms with E-state index in [4.69, 9.17) is 4.74 Å². The van der Waals surface area contributed by atoms with Crippen molar-refractivity contribution in [3.63, 3.8) is 0 Å². The van der Waals surface area contributed by atoms with Crippen LogP contribution in [-0.4, -0.2) is 57.8 Å². The lowest BCUT2D eigenvalue weighted by atomic mass is 9.71. The van der Waals surface area contributed by atoms with E-state index in [-0.39, 0.29) is 30.7 Å². The molecule has 182 valence electrons. The molecule has 0 aliphatic heterocycles. The van der Waals surface area contributed by atoms with Crippen LogP contribution in [-0.2, 0) is 26.2 Å². The Labute approximate surface area is 192 Å². The van der Waals surface area contributed by atoms with Gasteiger partial charge in [0.1, 0.15) is 17.8 Å². The quantitative estimate of drug-likeness (QED) is 0.478. The van der Waals surface area contributed by atoms with Crippen molar-refractivity contribution in [1.29, 1.82) is 0 Å². The zero-order valence-corrected chi connectivity index (χ0v) is 19.3. The summed E-state index contributed by atoms with van der Waals surface area (Å²) in [5.41, 5.74) is -1.82. The summed E-state index contributed by atoms with van der Waals surface area (Å²) in [6.45, 7) is 3.84. The third-order valence-electron chi connectivity index (χ3n) is 6.49. The van der Waals surface area contributed by atoms with E-state index in [2.05, 4.69) is 28.0 Å². The third-order valence-corrected chi connectivity index (χ3v) is 6.49.